The summed E-state index contributed by atoms with van der Waals surface area (Å²) in [5.41, 5.74) is 3.80. The number of fused-ring (bicyclic) bond motifs is 2. The summed E-state index contributed by atoms with van der Waals surface area (Å²) in [6.45, 7) is 5.52. The summed E-state index contributed by atoms with van der Waals surface area (Å²) in [7, 11) is 3.85. The van der Waals surface area contributed by atoms with E-state index in [0.717, 1.165) is 38.3 Å². The van der Waals surface area contributed by atoms with Crippen molar-refractivity contribution in [2.24, 2.45) is 12.5 Å². The van der Waals surface area contributed by atoms with Gasteiger partial charge in [0.1, 0.15) is 12.4 Å². The van der Waals surface area contributed by atoms with Gasteiger partial charge in [-0.1, -0.05) is 31.3 Å². The Balaban J connectivity index is 1.58. The van der Waals surface area contributed by atoms with Crippen LogP contribution < -0.4 is 15.0 Å². The fourth-order valence-electron chi connectivity index (χ4n) is 4.49. The summed E-state index contributed by atoms with van der Waals surface area (Å²) in [4.78, 5) is 20.8. The van der Waals surface area contributed by atoms with E-state index in [-0.39, 0.29) is 17.2 Å². The predicted octanol–water partition coefficient (Wildman–Crippen LogP) is 3.95. The molecule has 156 valence electrons. The fraction of sp³-hybridized carbons (Fsp3) is 0.409. The van der Waals surface area contributed by atoms with Gasteiger partial charge in [0.25, 0.3) is 0 Å². The van der Waals surface area contributed by atoms with E-state index in [9.17, 15) is 4.79 Å². The van der Waals surface area contributed by atoms with Crippen LogP contribution in [0.3, 0.4) is 0 Å². The lowest BCUT2D eigenvalue weighted by Gasteiger charge is -2.36. The number of carbonyl (C=O) groups excluding carboxylic acids is 1. The molecule has 2 aromatic heterocycles. The highest BCUT2D eigenvalue weighted by molar-refractivity contribution is 7.17. The third-order valence-corrected chi connectivity index (χ3v) is 7.08. The van der Waals surface area contributed by atoms with E-state index in [2.05, 4.69) is 41.3 Å². The molecule has 3 aromatic rings. The lowest BCUT2D eigenvalue weighted by Crippen LogP contribution is -2.38. The Morgan fingerprint density at radius 3 is 2.87 bits per heavy atom. The van der Waals surface area contributed by atoms with E-state index in [1.54, 1.807) is 4.68 Å². The van der Waals surface area contributed by atoms with E-state index in [4.69, 9.17) is 9.72 Å². The molecule has 0 spiro atoms. The smallest absolute Gasteiger partial charge is 0.191 e. The fourth-order valence-corrected chi connectivity index (χ4v) is 5.57. The standard InChI is InChI=1S/C22H25N5O2S/c1-22(2)10-16(28)19-18(20(22)23-3)25-21(30-19)27-7-8-29-17-6-5-13(9-15(17)27)14-11-24-26(4)12-14/h5-6,9,11-12,20,23H,7-8,10H2,1-4H3. The number of aryl methyl sites for hydroxylation is 1. The van der Waals surface area contributed by atoms with Gasteiger partial charge in [0.2, 0.25) is 0 Å². The molecule has 0 amide bonds. The van der Waals surface area contributed by atoms with Gasteiger partial charge in [-0.05, 0) is 30.2 Å². The second-order valence-electron chi connectivity index (χ2n) is 8.61. The minimum absolute atomic E-state index is 0.0532. The van der Waals surface area contributed by atoms with Gasteiger partial charge in [-0.15, -0.1) is 0 Å². The molecule has 0 saturated heterocycles. The maximum atomic E-state index is 12.8. The zero-order valence-electron chi connectivity index (χ0n) is 17.6. The Kier molecular flexibility index (Phi) is 4.44. The maximum absolute atomic E-state index is 12.8. The molecule has 0 fully saturated rings. The number of rotatable bonds is 3. The Hall–Kier alpha value is -2.71. The number of nitrogens with zero attached hydrogens (tertiary/aromatic N) is 4. The molecular formula is C22H25N5O2S. The number of ketones is 1. The van der Waals surface area contributed by atoms with Crippen LogP contribution in [0, 0.1) is 5.41 Å². The Morgan fingerprint density at radius 2 is 2.13 bits per heavy atom. The zero-order valence-corrected chi connectivity index (χ0v) is 18.4. The van der Waals surface area contributed by atoms with Gasteiger partial charge in [-0.3, -0.25) is 9.48 Å². The number of aromatic nitrogens is 3. The lowest BCUT2D eigenvalue weighted by atomic mass is 9.74. The summed E-state index contributed by atoms with van der Waals surface area (Å²) in [6.07, 6.45) is 4.38. The van der Waals surface area contributed by atoms with E-state index in [1.165, 1.54) is 11.3 Å². The van der Waals surface area contributed by atoms with Crippen molar-refractivity contribution in [1.82, 2.24) is 20.1 Å². The average Bonchev–Trinajstić information content (AvgIpc) is 3.34. The first kappa shape index (κ1) is 19.3. The number of ether oxygens (including phenoxy) is 1. The van der Waals surface area contributed by atoms with E-state index < -0.39 is 0 Å². The molecule has 1 aliphatic heterocycles. The zero-order chi connectivity index (χ0) is 21.0. The Labute approximate surface area is 179 Å². The van der Waals surface area contributed by atoms with E-state index in [0.29, 0.717) is 19.6 Å². The number of hydrogen-bond acceptors (Lipinski definition) is 7. The van der Waals surface area contributed by atoms with Crippen LogP contribution in [-0.4, -0.2) is 40.7 Å². The first-order chi connectivity index (χ1) is 14.4. The molecule has 3 heterocycles. The predicted molar refractivity (Wildman–Crippen MR) is 118 cm³/mol. The minimum atomic E-state index is -0.166. The van der Waals surface area contributed by atoms with Crippen LogP contribution >= 0.6 is 11.3 Å². The maximum Gasteiger partial charge on any atom is 0.191 e. The number of anilines is 2. The van der Waals surface area contributed by atoms with Crippen molar-refractivity contribution in [3.63, 3.8) is 0 Å². The Bertz CT molecular complexity index is 1130. The number of carbonyl (C=O) groups is 1. The van der Waals surface area contributed by atoms with Gasteiger partial charge < -0.3 is 15.0 Å². The molecule has 5 rings (SSSR count). The molecule has 0 radical (unpaired) electrons. The third-order valence-electron chi connectivity index (χ3n) is 5.95. The molecular weight excluding hydrogens is 398 g/mol. The van der Waals surface area contributed by atoms with Crippen LogP contribution in [0.15, 0.2) is 30.6 Å². The van der Waals surface area contributed by atoms with Crippen LogP contribution in [0.1, 0.15) is 41.7 Å². The molecule has 8 heteroatoms. The van der Waals surface area contributed by atoms with Gasteiger partial charge in [0, 0.05) is 25.2 Å². The van der Waals surface area contributed by atoms with Crippen LogP contribution in [-0.2, 0) is 7.05 Å². The van der Waals surface area contributed by atoms with Crippen molar-refractivity contribution in [3.05, 3.63) is 41.2 Å². The average molecular weight is 424 g/mol. The molecule has 0 saturated carbocycles. The van der Waals surface area contributed by atoms with Gasteiger partial charge in [-0.2, -0.15) is 5.10 Å². The van der Waals surface area contributed by atoms with Crippen molar-refractivity contribution in [2.75, 3.05) is 25.1 Å². The van der Waals surface area contributed by atoms with Gasteiger partial charge in [0.15, 0.2) is 10.9 Å². The number of nitrogens with one attached hydrogen (secondary N) is 1. The molecule has 2 aliphatic rings. The number of benzene rings is 1. The first-order valence-corrected chi connectivity index (χ1v) is 10.9. The lowest BCUT2D eigenvalue weighted by molar-refractivity contribution is 0.0873. The van der Waals surface area contributed by atoms with Crippen LogP contribution in [0.4, 0.5) is 10.8 Å². The first-order valence-electron chi connectivity index (χ1n) is 10.1. The van der Waals surface area contributed by atoms with Gasteiger partial charge in [0.05, 0.1) is 35.0 Å². The van der Waals surface area contributed by atoms with Crippen molar-refractivity contribution >= 4 is 27.9 Å². The topological polar surface area (TPSA) is 72.3 Å². The molecule has 0 bridgehead atoms. The normalized spacial score (nSPS) is 19.9. The third kappa shape index (κ3) is 3.02. The molecule has 30 heavy (non-hydrogen) atoms. The Morgan fingerprint density at radius 1 is 1.30 bits per heavy atom. The monoisotopic (exact) mass is 423 g/mol. The summed E-state index contributed by atoms with van der Waals surface area (Å²) in [5, 5.41) is 8.51. The summed E-state index contributed by atoms with van der Waals surface area (Å²) < 4.78 is 7.70. The minimum Gasteiger partial charge on any atom is -0.490 e. The van der Waals surface area contributed by atoms with Crippen molar-refractivity contribution < 1.29 is 9.53 Å². The van der Waals surface area contributed by atoms with Crippen LogP contribution in [0.25, 0.3) is 11.1 Å². The summed E-state index contributed by atoms with van der Waals surface area (Å²) in [6, 6.07) is 6.22. The highest BCUT2D eigenvalue weighted by atomic mass is 32.1. The van der Waals surface area contributed by atoms with Crippen LogP contribution in [0.2, 0.25) is 0 Å². The second kappa shape index (κ2) is 6.92. The molecule has 1 atom stereocenters. The number of hydrogen-bond donors (Lipinski definition) is 1. The van der Waals surface area contributed by atoms with Crippen molar-refractivity contribution in [3.8, 4) is 16.9 Å². The second-order valence-corrected chi connectivity index (χ2v) is 9.58. The molecule has 1 unspecified atom stereocenters. The van der Waals surface area contributed by atoms with Gasteiger partial charge >= 0.3 is 0 Å². The number of Topliss-reactive ketones (excluding diaryl/α,β-unsaturated/α-hetero) is 1. The van der Waals surface area contributed by atoms with E-state index in [1.807, 2.05) is 32.6 Å². The summed E-state index contributed by atoms with van der Waals surface area (Å²) >= 11 is 1.49. The van der Waals surface area contributed by atoms with Crippen molar-refractivity contribution in [2.45, 2.75) is 26.3 Å². The van der Waals surface area contributed by atoms with E-state index >= 15 is 0 Å². The van der Waals surface area contributed by atoms with Crippen LogP contribution in [0.5, 0.6) is 5.75 Å². The quantitative estimate of drug-likeness (QED) is 0.688. The molecule has 1 aliphatic carbocycles. The highest BCUT2D eigenvalue weighted by Crippen LogP contribution is 2.48. The molecule has 7 nitrogen and oxygen atoms in total. The van der Waals surface area contributed by atoms with Gasteiger partial charge in [-0.25, -0.2) is 4.98 Å². The largest absolute Gasteiger partial charge is 0.490 e. The van der Waals surface area contributed by atoms with Crippen molar-refractivity contribution in [1.29, 1.82) is 0 Å². The number of thiazole rings is 1. The summed E-state index contributed by atoms with van der Waals surface area (Å²) in [5.74, 6) is 1.02. The molecule has 1 N–H and O–H groups in total. The highest BCUT2D eigenvalue weighted by Gasteiger charge is 2.42. The molecule has 1 aromatic carbocycles. The SMILES string of the molecule is CNC1c2nc(N3CCOc4ccc(-c5cnn(C)c5)cc43)sc2C(=O)CC1(C)C.